The van der Waals surface area contributed by atoms with E-state index >= 15 is 0 Å². The van der Waals surface area contributed by atoms with Crippen LogP contribution >= 0.6 is 0 Å². The van der Waals surface area contributed by atoms with Gasteiger partial charge in [-0.3, -0.25) is 9.79 Å². The summed E-state index contributed by atoms with van der Waals surface area (Å²) in [7, 11) is 1.73. The number of rotatable bonds is 11. The quantitative estimate of drug-likeness (QED) is 0.301. The molecule has 1 saturated carbocycles. The van der Waals surface area contributed by atoms with Crippen molar-refractivity contribution < 1.29 is 9.53 Å². The van der Waals surface area contributed by atoms with Crippen molar-refractivity contribution >= 4 is 11.9 Å². The molecule has 0 heterocycles. The number of guanidine groups is 1. The van der Waals surface area contributed by atoms with E-state index in [1.54, 1.807) is 7.05 Å². The fraction of sp³-hybridized carbons (Fsp3) is 0.867. The molecule has 0 atom stereocenters. The van der Waals surface area contributed by atoms with E-state index in [-0.39, 0.29) is 5.91 Å². The molecular weight excluding hydrogens is 268 g/mol. The van der Waals surface area contributed by atoms with E-state index in [1.165, 1.54) is 12.8 Å². The van der Waals surface area contributed by atoms with Gasteiger partial charge in [0.15, 0.2) is 5.96 Å². The van der Waals surface area contributed by atoms with Gasteiger partial charge in [-0.05, 0) is 31.6 Å². The second-order valence-electron chi connectivity index (χ2n) is 5.40. The fourth-order valence-corrected chi connectivity index (χ4v) is 1.78. The molecule has 0 aromatic carbocycles. The van der Waals surface area contributed by atoms with Crippen molar-refractivity contribution in [2.24, 2.45) is 10.9 Å². The van der Waals surface area contributed by atoms with E-state index in [4.69, 9.17) is 4.74 Å². The van der Waals surface area contributed by atoms with Crippen LogP contribution in [0.25, 0.3) is 0 Å². The van der Waals surface area contributed by atoms with E-state index in [0.717, 1.165) is 51.0 Å². The third-order valence-corrected chi connectivity index (χ3v) is 3.25. The summed E-state index contributed by atoms with van der Waals surface area (Å²) in [6.45, 7) is 5.91. The minimum Gasteiger partial charge on any atom is -0.381 e. The van der Waals surface area contributed by atoms with E-state index in [0.29, 0.717) is 13.0 Å². The van der Waals surface area contributed by atoms with Crippen LogP contribution in [0.15, 0.2) is 4.99 Å². The highest BCUT2D eigenvalue weighted by molar-refractivity contribution is 5.81. The Balaban J connectivity index is 1.94. The van der Waals surface area contributed by atoms with Gasteiger partial charge in [0, 0.05) is 46.3 Å². The summed E-state index contributed by atoms with van der Waals surface area (Å²) in [6, 6.07) is 0. The van der Waals surface area contributed by atoms with E-state index < -0.39 is 0 Å². The zero-order valence-corrected chi connectivity index (χ0v) is 13.4. The molecule has 122 valence electrons. The van der Waals surface area contributed by atoms with Crippen molar-refractivity contribution in [3.05, 3.63) is 0 Å². The molecule has 0 aromatic rings. The molecule has 6 nitrogen and oxygen atoms in total. The molecule has 1 aliphatic carbocycles. The zero-order chi connectivity index (χ0) is 15.3. The first-order valence-corrected chi connectivity index (χ1v) is 8.05. The van der Waals surface area contributed by atoms with Crippen LogP contribution in [0.1, 0.15) is 39.0 Å². The Labute approximate surface area is 128 Å². The molecule has 6 heteroatoms. The SMILES string of the molecule is CCCNC(=O)CCNC(=NC)NCCCOCC1CC1. The Bertz CT molecular complexity index is 317. The molecule has 21 heavy (non-hydrogen) atoms. The summed E-state index contributed by atoms with van der Waals surface area (Å²) < 4.78 is 5.57. The first-order chi connectivity index (χ1) is 10.3. The molecule has 1 aliphatic rings. The number of carbonyl (C=O) groups is 1. The monoisotopic (exact) mass is 298 g/mol. The summed E-state index contributed by atoms with van der Waals surface area (Å²) in [5.74, 6) is 1.64. The Morgan fingerprint density at radius 1 is 1.19 bits per heavy atom. The van der Waals surface area contributed by atoms with Gasteiger partial charge in [0.25, 0.3) is 0 Å². The molecule has 3 N–H and O–H groups in total. The van der Waals surface area contributed by atoms with Gasteiger partial charge in [-0.2, -0.15) is 0 Å². The molecule has 1 amide bonds. The number of nitrogens with zero attached hydrogens (tertiary/aromatic N) is 1. The van der Waals surface area contributed by atoms with Gasteiger partial charge in [0.1, 0.15) is 0 Å². The smallest absolute Gasteiger partial charge is 0.221 e. The van der Waals surface area contributed by atoms with E-state index in [9.17, 15) is 4.79 Å². The number of hydrogen-bond donors (Lipinski definition) is 3. The lowest BCUT2D eigenvalue weighted by Crippen LogP contribution is -2.40. The third-order valence-electron chi connectivity index (χ3n) is 3.25. The number of hydrogen-bond acceptors (Lipinski definition) is 3. The topological polar surface area (TPSA) is 74.8 Å². The highest BCUT2D eigenvalue weighted by Gasteiger charge is 2.20. The van der Waals surface area contributed by atoms with Crippen LogP contribution in [0.5, 0.6) is 0 Å². The molecule has 0 aromatic heterocycles. The largest absolute Gasteiger partial charge is 0.381 e. The van der Waals surface area contributed by atoms with Gasteiger partial charge in [-0.25, -0.2) is 0 Å². The molecule has 1 rings (SSSR count). The first-order valence-electron chi connectivity index (χ1n) is 8.05. The fourth-order valence-electron chi connectivity index (χ4n) is 1.78. The Hall–Kier alpha value is -1.30. The summed E-state index contributed by atoms with van der Waals surface area (Å²) in [5, 5.41) is 9.20. The number of ether oxygens (including phenoxy) is 1. The van der Waals surface area contributed by atoms with Gasteiger partial charge < -0.3 is 20.7 Å². The van der Waals surface area contributed by atoms with Gasteiger partial charge in [0.2, 0.25) is 5.91 Å². The maximum Gasteiger partial charge on any atom is 0.221 e. The number of nitrogens with one attached hydrogen (secondary N) is 3. The molecule has 0 unspecified atom stereocenters. The van der Waals surface area contributed by atoms with Crippen molar-refractivity contribution in [1.29, 1.82) is 0 Å². The minimum atomic E-state index is 0.0771. The molecule has 0 spiro atoms. The zero-order valence-electron chi connectivity index (χ0n) is 13.4. The van der Waals surface area contributed by atoms with Crippen molar-refractivity contribution in [1.82, 2.24) is 16.0 Å². The highest BCUT2D eigenvalue weighted by Crippen LogP contribution is 2.28. The molecule has 0 bridgehead atoms. The van der Waals surface area contributed by atoms with E-state index in [1.807, 2.05) is 6.92 Å². The average molecular weight is 298 g/mol. The lowest BCUT2D eigenvalue weighted by atomic mass is 10.4. The number of carbonyl (C=O) groups excluding carboxylic acids is 1. The van der Waals surface area contributed by atoms with E-state index in [2.05, 4.69) is 20.9 Å². The second-order valence-corrected chi connectivity index (χ2v) is 5.40. The van der Waals surface area contributed by atoms with Crippen LogP contribution in [0, 0.1) is 5.92 Å². The molecule has 0 aliphatic heterocycles. The van der Waals surface area contributed by atoms with Crippen molar-refractivity contribution in [2.75, 3.05) is 39.9 Å². The summed E-state index contributed by atoms with van der Waals surface area (Å²) in [5.41, 5.74) is 0. The molecule has 0 saturated heterocycles. The minimum absolute atomic E-state index is 0.0771. The lowest BCUT2D eigenvalue weighted by Gasteiger charge is -2.12. The van der Waals surface area contributed by atoms with Crippen LogP contribution in [0.3, 0.4) is 0 Å². The summed E-state index contributed by atoms with van der Waals surface area (Å²) >= 11 is 0. The Morgan fingerprint density at radius 2 is 1.95 bits per heavy atom. The third kappa shape index (κ3) is 10.1. The predicted octanol–water partition coefficient (Wildman–Crippen LogP) is 0.884. The van der Waals surface area contributed by atoms with Crippen molar-refractivity contribution in [3.63, 3.8) is 0 Å². The second kappa shape index (κ2) is 11.4. The maximum atomic E-state index is 11.4. The number of amides is 1. The van der Waals surface area contributed by atoms with Crippen LogP contribution in [0.2, 0.25) is 0 Å². The van der Waals surface area contributed by atoms with Crippen LogP contribution in [-0.4, -0.2) is 51.8 Å². The summed E-state index contributed by atoms with van der Waals surface area (Å²) in [6.07, 6.45) is 5.06. The Kier molecular flexibility index (Phi) is 9.61. The standard InChI is InChI=1S/C15H30N4O2/c1-3-8-17-14(20)7-10-19-15(16-2)18-9-4-11-21-12-13-5-6-13/h13H,3-12H2,1-2H3,(H,17,20)(H2,16,18,19). The van der Waals surface area contributed by atoms with Gasteiger partial charge in [0.05, 0.1) is 0 Å². The first kappa shape index (κ1) is 17.8. The average Bonchev–Trinajstić information content (AvgIpc) is 3.30. The van der Waals surface area contributed by atoms with Crippen LogP contribution < -0.4 is 16.0 Å². The highest BCUT2D eigenvalue weighted by atomic mass is 16.5. The van der Waals surface area contributed by atoms with Gasteiger partial charge in [-0.1, -0.05) is 6.92 Å². The number of aliphatic imine (C=N–C) groups is 1. The summed E-state index contributed by atoms with van der Waals surface area (Å²) in [4.78, 5) is 15.6. The van der Waals surface area contributed by atoms with Gasteiger partial charge in [-0.15, -0.1) is 0 Å². The molecular formula is C15H30N4O2. The predicted molar refractivity (Wildman–Crippen MR) is 85.4 cm³/mol. The van der Waals surface area contributed by atoms with Crippen molar-refractivity contribution in [2.45, 2.75) is 39.0 Å². The van der Waals surface area contributed by atoms with Crippen molar-refractivity contribution in [3.8, 4) is 0 Å². The normalized spacial score (nSPS) is 14.9. The van der Waals surface area contributed by atoms with Crippen LogP contribution in [-0.2, 0) is 9.53 Å². The molecule has 1 fully saturated rings. The Morgan fingerprint density at radius 3 is 2.62 bits per heavy atom. The molecule has 0 radical (unpaired) electrons. The van der Waals surface area contributed by atoms with Gasteiger partial charge >= 0.3 is 0 Å². The maximum absolute atomic E-state index is 11.4. The van der Waals surface area contributed by atoms with Crippen LogP contribution in [0.4, 0.5) is 0 Å². The lowest BCUT2D eigenvalue weighted by molar-refractivity contribution is -0.120.